The SMILES string of the molecule is CCN(C)c1nc(N)c(C(=O)Nc2ccc(Cl)cc2Br)s1. The third-order valence-corrected chi connectivity index (χ3v) is 4.90. The van der Waals surface area contributed by atoms with Crippen LogP contribution < -0.4 is 16.0 Å². The number of hydrogen-bond donors (Lipinski definition) is 2. The number of carbonyl (C=O) groups excluding carboxylic acids is 1. The number of amides is 1. The van der Waals surface area contributed by atoms with Crippen molar-refractivity contribution in [3.63, 3.8) is 0 Å². The first-order valence-electron chi connectivity index (χ1n) is 6.16. The first kappa shape index (κ1) is 16.1. The Balaban J connectivity index is 2.22. The van der Waals surface area contributed by atoms with Crippen LogP contribution in [0.3, 0.4) is 0 Å². The van der Waals surface area contributed by atoms with E-state index in [-0.39, 0.29) is 11.7 Å². The van der Waals surface area contributed by atoms with Crippen LogP contribution in [-0.2, 0) is 0 Å². The molecule has 0 fully saturated rings. The number of nitrogens with one attached hydrogen (secondary N) is 1. The molecular weight excluding hydrogens is 376 g/mol. The van der Waals surface area contributed by atoms with Crippen LogP contribution in [0.5, 0.6) is 0 Å². The predicted molar refractivity (Wildman–Crippen MR) is 92.6 cm³/mol. The highest BCUT2D eigenvalue weighted by molar-refractivity contribution is 9.10. The molecule has 1 aromatic heterocycles. The summed E-state index contributed by atoms with van der Waals surface area (Å²) in [5.41, 5.74) is 6.46. The van der Waals surface area contributed by atoms with Crippen LogP contribution in [0.4, 0.5) is 16.6 Å². The first-order valence-corrected chi connectivity index (χ1v) is 8.15. The number of nitrogens with two attached hydrogens (primary N) is 1. The summed E-state index contributed by atoms with van der Waals surface area (Å²) < 4.78 is 0.706. The van der Waals surface area contributed by atoms with Crippen LogP contribution in [0.2, 0.25) is 5.02 Å². The van der Waals surface area contributed by atoms with Crippen LogP contribution in [0.1, 0.15) is 16.6 Å². The van der Waals surface area contributed by atoms with Gasteiger partial charge in [-0.1, -0.05) is 22.9 Å². The van der Waals surface area contributed by atoms with Gasteiger partial charge in [0.1, 0.15) is 10.7 Å². The minimum Gasteiger partial charge on any atom is -0.382 e. The Kier molecular flexibility index (Phi) is 5.08. The molecule has 2 aromatic rings. The van der Waals surface area contributed by atoms with E-state index in [9.17, 15) is 4.79 Å². The van der Waals surface area contributed by atoms with Crippen molar-refractivity contribution in [3.8, 4) is 0 Å². The highest BCUT2D eigenvalue weighted by atomic mass is 79.9. The average Bonchev–Trinajstić information content (AvgIpc) is 2.83. The number of benzene rings is 1. The van der Waals surface area contributed by atoms with Crippen molar-refractivity contribution >= 4 is 61.4 Å². The molecule has 0 aliphatic heterocycles. The second-order valence-electron chi connectivity index (χ2n) is 4.30. The van der Waals surface area contributed by atoms with Gasteiger partial charge >= 0.3 is 0 Å². The van der Waals surface area contributed by atoms with E-state index >= 15 is 0 Å². The Hall–Kier alpha value is -1.31. The van der Waals surface area contributed by atoms with Crippen molar-refractivity contribution in [2.45, 2.75) is 6.92 Å². The lowest BCUT2D eigenvalue weighted by Crippen LogP contribution is -2.15. The molecule has 112 valence electrons. The van der Waals surface area contributed by atoms with Crippen molar-refractivity contribution in [2.24, 2.45) is 0 Å². The number of rotatable bonds is 4. The Morgan fingerprint density at radius 3 is 2.90 bits per heavy atom. The van der Waals surface area contributed by atoms with Gasteiger partial charge in [0.25, 0.3) is 5.91 Å². The summed E-state index contributed by atoms with van der Waals surface area (Å²) in [6, 6.07) is 5.14. The summed E-state index contributed by atoms with van der Waals surface area (Å²) in [7, 11) is 1.90. The molecule has 1 heterocycles. The van der Waals surface area contributed by atoms with Gasteiger partial charge in [-0.05, 0) is 41.1 Å². The molecule has 2 rings (SSSR count). The van der Waals surface area contributed by atoms with E-state index in [0.29, 0.717) is 20.1 Å². The minimum absolute atomic E-state index is 0.234. The molecule has 0 aliphatic carbocycles. The van der Waals surface area contributed by atoms with Crippen LogP contribution >= 0.6 is 38.9 Å². The van der Waals surface area contributed by atoms with E-state index in [2.05, 4.69) is 26.2 Å². The Morgan fingerprint density at radius 1 is 1.57 bits per heavy atom. The summed E-state index contributed by atoms with van der Waals surface area (Å²) in [5, 5.41) is 4.10. The zero-order valence-electron chi connectivity index (χ0n) is 11.5. The van der Waals surface area contributed by atoms with Gasteiger partial charge < -0.3 is 16.0 Å². The molecule has 1 amide bonds. The van der Waals surface area contributed by atoms with E-state index in [1.54, 1.807) is 18.2 Å². The number of anilines is 3. The molecule has 0 saturated heterocycles. The molecule has 0 aliphatic rings. The molecule has 0 unspecified atom stereocenters. The zero-order chi connectivity index (χ0) is 15.6. The van der Waals surface area contributed by atoms with Gasteiger partial charge in [-0.2, -0.15) is 0 Å². The van der Waals surface area contributed by atoms with Crippen molar-refractivity contribution < 1.29 is 4.79 Å². The van der Waals surface area contributed by atoms with Crippen LogP contribution in [0.15, 0.2) is 22.7 Å². The fourth-order valence-corrected chi connectivity index (χ4v) is 3.24. The average molecular weight is 390 g/mol. The number of halogens is 2. The summed E-state index contributed by atoms with van der Waals surface area (Å²) in [6.07, 6.45) is 0. The molecule has 0 radical (unpaired) electrons. The van der Waals surface area contributed by atoms with Crippen LogP contribution in [0.25, 0.3) is 0 Å². The molecular formula is C13H14BrClN4OS. The standard InChI is InChI=1S/C13H14BrClN4OS/c1-3-19(2)13-18-11(16)10(21-13)12(20)17-9-5-4-7(15)6-8(9)14/h4-6H,3,16H2,1-2H3,(H,17,20). The summed E-state index contributed by atoms with van der Waals surface area (Å²) >= 11 is 10.5. The third kappa shape index (κ3) is 3.66. The van der Waals surface area contributed by atoms with E-state index in [1.165, 1.54) is 11.3 Å². The van der Waals surface area contributed by atoms with Crippen LogP contribution in [-0.4, -0.2) is 24.5 Å². The number of thiazole rings is 1. The normalized spacial score (nSPS) is 10.5. The lowest BCUT2D eigenvalue weighted by Gasteiger charge is -2.11. The van der Waals surface area contributed by atoms with E-state index in [4.69, 9.17) is 17.3 Å². The predicted octanol–water partition coefficient (Wildman–Crippen LogP) is 3.85. The van der Waals surface area contributed by atoms with Crippen molar-refractivity contribution in [1.29, 1.82) is 0 Å². The van der Waals surface area contributed by atoms with Crippen molar-refractivity contribution in [3.05, 3.63) is 32.6 Å². The molecule has 3 N–H and O–H groups in total. The monoisotopic (exact) mass is 388 g/mol. The molecule has 5 nitrogen and oxygen atoms in total. The molecule has 8 heteroatoms. The smallest absolute Gasteiger partial charge is 0.269 e. The van der Waals surface area contributed by atoms with Gasteiger partial charge in [-0.25, -0.2) is 4.98 Å². The summed E-state index contributed by atoms with van der Waals surface area (Å²) in [4.78, 5) is 18.8. The maximum atomic E-state index is 12.3. The maximum absolute atomic E-state index is 12.3. The second-order valence-corrected chi connectivity index (χ2v) is 6.57. The zero-order valence-corrected chi connectivity index (χ0v) is 14.6. The van der Waals surface area contributed by atoms with E-state index < -0.39 is 0 Å². The molecule has 0 saturated carbocycles. The van der Waals surface area contributed by atoms with E-state index in [1.807, 2.05) is 18.9 Å². The first-order chi connectivity index (χ1) is 9.92. The second kappa shape index (κ2) is 6.64. The Morgan fingerprint density at radius 2 is 2.29 bits per heavy atom. The molecule has 0 atom stereocenters. The Labute approximate surface area is 140 Å². The van der Waals surface area contributed by atoms with Gasteiger partial charge in [0, 0.05) is 23.1 Å². The fraction of sp³-hybridized carbons (Fsp3) is 0.231. The fourth-order valence-electron chi connectivity index (χ4n) is 1.55. The number of nitrogens with zero attached hydrogens (tertiary/aromatic N) is 2. The molecule has 0 spiro atoms. The van der Waals surface area contributed by atoms with Gasteiger partial charge in [0.2, 0.25) is 0 Å². The van der Waals surface area contributed by atoms with Crippen molar-refractivity contribution in [1.82, 2.24) is 4.98 Å². The topological polar surface area (TPSA) is 71.2 Å². The number of nitrogen functional groups attached to an aromatic ring is 1. The van der Waals surface area contributed by atoms with Crippen LogP contribution in [0, 0.1) is 0 Å². The minimum atomic E-state index is -0.288. The highest BCUT2D eigenvalue weighted by Gasteiger charge is 2.18. The number of hydrogen-bond acceptors (Lipinski definition) is 5. The largest absolute Gasteiger partial charge is 0.382 e. The van der Waals surface area contributed by atoms with Gasteiger partial charge in [0.05, 0.1) is 5.69 Å². The van der Waals surface area contributed by atoms with Gasteiger partial charge in [-0.3, -0.25) is 4.79 Å². The Bertz CT molecular complexity index is 676. The van der Waals surface area contributed by atoms with Crippen molar-refractivity contribution in [2.75, 3.05) is 29.5 Å². The van der Waals surface area contributed by atoms with Gasteiger partial charge in [-0.15, -0.1) is 0 Å². The lowest BCUT2D eigenvalue weighted by atomic mass is 10.3. The maximum Gasteiger partial charge on any atom is 0.269 e. The summed E-state index contributed by atoms with van der Waals surface area (Å²) in [5.74, 6) is -0.0540. The molecule has 21 heavy (non-hydrogen) atoms. The summed E-state index contributed by atoms with van der Waals surface area (Å²) in [6.45, 7) is 2.79. The third-order valence-electron chi connectivity index (χ3n) is 2.83. The quantitative estimate of drug-likeness (QED) is 0.833. The molecule has 0 bridgehead atoms. The van der Waals surface area contributed by atoms with Gasteiger partial charge in [0.15, 0.2) is 5.13 Å². The van der Waals surface area contributed by atoms with E-state index in [0.717, 1.165) is 11.7 Å². The highest BCUT2D eigenvalue weighted by Crippen LogP contribution is 2.30. The number of aromatic nitrogens is 1. The molecule has 1 aromatic carbocycles. The number of carbonyl (C=O) groups is 1. The lowest BCUT2D eigenvalue weighted by molar-refractivity contribution is 0.103.